The van der Waals surface area contributed by atoms with E-state index in [9.17, 15) is 0 Å². The molecule has 2 fully saturated rings. The van der Waals surface area contributed by atoms with Gasteiger partial charge in [-0.05, 0) is 59.2 Å². The van der Waals surface area contributed by atoms with E-state index in [0.717, 1.165) is 0 Å². The van der Waals surface area contributed by atoms with Crippen molar-refractivity contribution in [3.63, 3.8) is 0 Å². The van der Waals surface area contributed by atoms with Gasteiger partial charge in [0.1, 0.15) is 0 Å². The molecule has 10 radical (unpaired) electrons. The Balaban J connectivity index is 0. The smallest absolute Gasteiger partial charge is 0 e. The van der Waals surface area contributed by atoms with Crippen molar-refractivity contribution in [2.45, 2.75) is 109 Å². The molecule has 0 aliphatic heterocycles. The van der Waals surface area contributed by atoms with E-state index in [-0.39, 0.29) is 41.7 Å². The summed E-state index contributed by atoms with van der Waals surface area (Å²) in [5, 5.41) is 0. The van der Waals surface area contributed by atoms with Crippen molar-refractivity contribution in [2.75, 3.05) is 0 Å². The zero-order valence-corrected chi connectivity index (χ0v) is 28.1. The standard InChI is InChI=1S/2C10H15.C6H18NSi2.Ce/c2*1-6-7(2)9(4)10(5)8(6)3;1-8(2,3)7-9(4,5)6;/h2*1-5H3;1-6H3;/q;;-1;. The molecule has 2 saturated carbocycles. The van der Waals surface area contributed by atoms with Gasteiger partial charge >= 0.3 is 0 Å². The van der Waals surface area contributed by atoms with E-state index in [4.69, 9.17) is 4.65 Å². The molecule has 0 heterocycles. The van der Waals surface area contributed by atoms with Gasteiger partial charge in [-0.3, -0.25) is 0 Å². The van der Waals surface area contributed by atoms with Gasteiger partial charge in [0.2, 0.25) is 0 Å². The topological polar surface area (TPSA) is 14.1 Å². The third-order valence-electron chi connectivity index (χ3n) is 6.30. The minimum absolute atomic E-state index is 0. The zero-order chi connectivity index (χ0) is 23.5. The summed E-state index contributed by atoms with van der Waals surface area (Å²) in [4.78, 5) is 0. The summed E-state index contributed by atoms with van der Waals surface area (Å²) in [6.07, 6.45) is 0. The second kappa shape index (κ2) is 13.6. The quantitative estimate of drug-likeness (QED) is 0.294. The SMILES string of the molecule is C[C]1[C](C)[C](C)[C](C)[C]1C.C[C]1[C](C)[C](C)[C](C)[C]1C.C[Si](C)(C)[N-][Si](C)(C)C.[Ce]. The molecular formula is C26H48CeNSi2-. The molecule has 170 valence electrons. The fraction of sp³-hybridized carbons (Fsp3) is 0.615. The molecule has 30 heavy (non-hydrogen) atoms. The van der Waals surface area contributed by atoms with Gasteiger partial charge in [0.25, 0.3) is 0 Å². The molecule has 0 spiro atoms. The molecule has 2 aliphatic rings. The molecule has 0 N–H and O–H groups in total. The van der Waals surface area contributed by atoms with E-state index in [0.29, 0.717) is 0 Å². The normalized spacial score (nSPS) is 23.2. The van der Waals surface area contributed by atoms with Crippen LogP contribution in [-0.2, 0) is 0 Å². The van der Waals surface area contributed by atoms with Crippen LogP contribution in [0.1, 0.15) is 69.2 Å². The first-order chi connectivity index (χ1) is 12.8. The van der Waals surface area contributed by atoms with Crippen LogP contribution < -0.4 is 0 Å². The molecule has 1 nitrogen and oxygen atoms in total. The molecule has 0 saturated heterocycles. The maximum absolute atomic E-state index is 4.82. The first-order valence-electron chi connectivity index (χ1n) is 10.9. The van der Waals surface area contributed by atoms with Crippen LogP contribution >= 0.6 is 0 Å². The van der Waals surface area contributed by atoms with Crippen LogP contribution in [0.2, 0.25) is 39.3 Å². The van der Waals surface area contributed by atoms with Gasteiger partial charge < -0.3 is 4.65 Å². The molecule has 0 aromatic carbocycles. The van der Waals surface area contributed by atoms with Crippen molar-refractivity contribution in [3.8, 4) is 0 Å². The Labute approximate surface area is 228 Å². The van der Waals surface area contributed by atoms with Gasteiger partial charge in [0, 0.05) is 41.7 Å². The summed E-state index contributed by atoms with van der Waals surface area (Å²) in [6.45, 7) is 35.8. The van der Waals surface area contributed by atoms with Gasteiger partial charge in [0.15, 0.2) is 0 Å². The summed E-state index contributed by atoms with van der Waals surface area (Å²) in [5.41, 5.74) is 0. The molecule has 0 atom stereocenters. The Kier molecular flexibility index (Phi) is 15.4. The maximum atomic E-state index is 4.82. The fourth-order valence-electron chi connectivity index (χ4n) is 3.82. The number of rotatable bonds is 2. The predicted molar refractivity (Wildman–Crippen MR) is 139 cm³/mol. The number of hydrogen-bond acceptors (Lipinski definition) is 0. The van der Waals surface area contributed by atoms with E-state index in [1.54, 1.807) is 0 Å². The first kappa shape index (κ1) is 33.9. The average Bonchev–Trinajstić information content (AvgIpc) is 2.83. The summed E-state index contributed by atoms with van der Waals surface area (Å²) in [6, 6.07) is 0. The van der Waals surface area contributed by atoms with Gasteiger partial charge in [-0.15, -0.1) is 0 Å². The van der Waals surface area contributed by atoms with Gasteiger partial charge in [-0.1, -0.05) is 125 Å². The largest absolute Gasteiger partial charge is 0.668 e. The zero-order valence-electron chi connectivity index (χ0n) is 22.9. The third-order valence-corrected chi connectivity index (χ3v) is 11.7. The Morgan fingerprint density at radius 1 is 0.333 bits per heavy atom. The van der Waals surface area contributed by atoms with Crippen molar-refractivity contribution in [1.29, 1.82) is 0 Å². The average molecular weight is 571 g/mol. The van der Waals surface area contributed by atoms with E-state index in [1.165, 1.54) is 59.2 Å². The Bertz CT molecular complexity index is 339. The predicted octanol–water partition coefficient (Wildman–Crippen LogP) is 8.97. The Hall–Kier alpha value is 1.77. The molecule has 0 bridgehead atoms. The van der Waals surface area contributed by atoms with Crippen molar-refractivity contribution in [1.82, 2.24) is 0 Å². The summed E-state index contributed by atoms with van der Waals surface area (Å²) in [5.74, 6) is 14.7. The van der Waals surface area contributed by atoms with Crippen molar-refractivity contribution >= 4 is 16.5 Å². The number of nitrogens with zero attached hydrogens (tertiary/aromatic N) is 1. The summed E-state index contributed by atoms with van der Waals surface area (Å²) < 4.78 is 4.82. The molecule has 0 aromatic rings. The third kappa shape index (κ3) is 10.8. The van der Waals surface area contributed by atoms with E-state index < -0.39 is 16.5 Å². The molecule has 4 heteroatoms. The molecule has 2 aliphatic carbocycles. The second-order valence-electron chi connectivity index (χ2n) is 10.7. The van der Waals surface area contributed by atoms with Gasteiger partial charge in [-0.25, -0.2) is 0 Å². The summed E-state index contributed by atoms with van der Waals surface area (Å²) in [7, 11) is -2.21. The minimum atomic E-state index is -1.11. The van der Waals surface area contributed by atoms with E-state index in [1.807, 2.05) is 0 Å². The van der Waals surface area contributed by atoms with Crippen LogP contribution in [0.25, 0.3) is 4.65 Å². The van der Waals surface area contributed by atoms with Crippen LogP contribution in [0.4, 0.5) is 0 Å². The van der Waals surface area contributed by atoms with Crippen LogP contribution in [0.5, 0.6) is 0 Å². The molecule has 2 rings (SSSR count). The number of hydrogen-bond donors (Lipinski definition) is 0. The molecule has 0 aromatic heterocycles. The van der Waals surface area contributed by atoms with Crippen LogP contribution in [0, 0.1) is 101 Å². The van der Waals surface area contributed by atoms with Crippen LogP contribution in [0.15, 0.2) is 0 Å². The molecule has 0 amide bonds. The van der Waals surface area contributed by atoms with E-state index in [2.05, 4.69) is 109 Å². The maximum Gasteiger partial charge on any atom is 0 e. The summed E-state index contributed by atoms with van der Waals surface area (Å²) >= 11 is 0. The fourth-order valence-corrected chi connectivity index (χ4v) is 11.9. The van der Waals surface area contributed by atoms with Crippen molar-refractivity contribution < 1.29 is 41.7 Å². The second-order valence-corrected chi connectivity index (χ2v) is 20.3. The van der Waals surface area contributed by atoms with Crippen LogP contribution in [0.3, 0.4) is 0 Å². The first-order valence-corrected chi connectivity index (χ1v) is 17.8. The van der Waals surface area contributed by atoms with Crippen molar-refractivity contribution in [2.24, 2.45) is 0 Å². The molecule has 0 unspecified atom stereocenters. The van der Waals surface area contributed by atoms with Crippen molar-refractivity contribution in [3.05, 3.63) is 63.8 Å². The van der Waals surface area contributed by atoms with Crippen LogP contribution in [-0.4, -0.2) is 16.5 Å². The Morgan fingerprint density at radius 3 is 0.467 bits per heavy atom. The Morgan fingerprint density at radius 2 is 0.433 bits per heavy atom. The molecular weight excluding hydrogens is 523 g/mol. The van der Waals surface area contributed by atoms with Gasteiger partial charge in [0.05, 0.1) is 0 Å². The van der Waals surface area contributed by atoms with Gasteiger partial charge in [-0.2, -0.15) is 0 Å². The van der Waals surface area contributed by atoms with E-state index >= 15 is 0 Å². The monoisotopic (exact) mass is 570 g/mol. The minimum Gasteiger partial charge on any atom is -0.668 e.